The lowest BCUT2D eigenvalue weighted by Crippen LogP contribution is -2.49. The van der Waals surface area contributed by atoms with Gasteiger partial charge in [0.05, 0.1) is 29.4 Å². The molecule has 0 bridgehead atoms. The summed E-state index contributed by atoms with van der Waals surface area (Å²) in [7, 11) is 0. The number of rotatable bonds is 3. The van der Waals surface area contributed by atoms with Crippen molar-refractivity contribution < 1.29 is 22.7 Å². The number of nitrogens with zero attached hydrogens (tertiary/aromatic N) is 5. The van der Waals surface area contributed by atoms with E-state index in [1.54, 1.807) is 28.1 Å². The van der Waals surface area contributed by atoms with Gasteiger partial charge in [-0.25, -0.2) is 9.97 Å². The van der Waals surface area contributed by atoms with Gasteiger partial charge < -0.3 is 19.4 Å². The largest absolute Gasteiger partial charge is 0.417 e. The molecule has 2 saturated heterocycles. The molecule has 1 amide bonds. The molecule has 166 valence electrons. The summed E-state index contributed by atoms with van der Waals surface area (Å²) in [6.45, 7) is 4.14. The summed E-state index contributed by atoms with van der Waals surface area (Å²) >= 11 is 6.06. The number of morpholine rings is 1. The molecular weight excluding hydrogens is 435 g/mol. The molecule has 4 rings (SSSR count). The average molecular weight is 456 g/mol. The van der Waals surface area contributed by atoms with Crippen LogP contribution in [-0.2, 0) is 10.9 Å². The van der Waals surface area contributed by atoms with Gasteiger partial charge in [-0.3, -0.25) is 4.79 Å². The van der Waals surface area contributed by atoms with Gasteiger partial charge in [0, 0.05) is 51.7 Å². The van der Waals surface area contributed by atoms with Crippen LogP contribution in [0.25, 0.3) is 0 Å². The van der Waals surface area contributed by atoms with E-state index in [4.69, 9.17) is 16.3 Å². The molecule has 0 saturated carbocycles. The number of carbonyl (C=O) groups is 1. The first-order valence-corrected chi connectivity index (χ1v) is 10.3. The highest BCUT2D eigenvalue weighted by atomic mass is 35.5. The Morgan fingerprint density at radius 3 is 2.32 bits per heavy atom. The summed E-state index contributed by atoms with van der Waals surface area (Å²) in [6, 6.07) is 4.38. The zero-order valence-corrected chi connectivity index (χ0v) is 17.4. The first kappa shape index (κ1) is 21.6. The van der Waals surface area contributed by atoms with E-state index in [2.05, 4.69) is 9.97 Å². The molecule has 31 heavy (non-hydrogen) atoms. The molecule has 11 heteroatoms. The number of hydrogen-bond donors (Lipinski definition) is 0. The number of anilines is 2. The maximum absolute atomic E-state index is 13.2. The SMILES string of the molecule is O=C(c1cccnc1N1CCOCC1)N1CCN(c2ncc(C(F)(F)F)cc2Cl)CC1. The van der Waals surface area contributed by atoms with E-state index < -0.39 is 11.7 Å². The summed E-state index contributed by atoms with van der Waals surface area (Å²) in [5, 5.41) is -0.0588. The molecule has 7 nitrogen and oxygen atoms in total. The van der Waals surface area contributed by atoms with Gasteiger partial charge in [-0.05, 0) is 18.2 Å². The predicted octanol–water partition coefficient (Wildman–Crippen LogP) is 2.95. The maximum atomic E-state index is 13.2. The third kappa shape index (κ3) is 4.69. The molecule has 2 aromatic rings. The van der Waals surface area contributed by atoms with Crippen molar-refractivity contribution in [2.45, 2.75) is 6.18 Å². The zero-order chi connectivity index (χ0) is 22.0. The number of ether oxygens (including phenoxy) is 1. The van der Waals surface area contributed by atoms with E-state index in [1.165, 1.54) is 0 Å². The molecule has 0 aromatic carbocycles. The van der Waals surface area contributed by atoms with Gasteiger partial charge in [-0.15, -0.1) is 0 Å². The molecule has 0 atom stereocenters. The van der Waals surface area contributed by atoms with Crippen molar-refractivity contribution in [3.8, 4) is 0 Å². The highest BCUT2D eigenvalue weighted by Crippen LogP contribution is 2.34. The van der Waals surface area contributed by atoms with E-state index in [0.29, 0.717) is 63.9 Å². The first-order chi connectivity index (χ1) is 14.8. The van der Waals surface area contributed by atoms with E-state index >= 15 is 0 Å². The van der Waals surface area contributed by atoms with Crippen LogP contribution in [0.3, 0.4) is 0 Å². The van der Waals surface area contributed by atoms with Crippen LogP contribution in [0.1, 0.15) is 15.9 Å². The third-order valence-corrected chi connectivity index (χ3v) is 5.62. The molecule has 0 radical (unpaired) electrons. The molecular formula is C20H21ClF3N5O2. The van der Waals surface area contributed by atoms with Crippen LogP contribution in [0.2, 0.25) is 5.02 Å². The fourth-order valence-corrected chi connectivity index (χ4v) is 3.99. The number of aromatic nitrogens is 2. The Balaban J connectivity index is 1.44. The van der Waals surface area contributed by atoms with Gasteiger partial charge in [0.25, 0.3) is 5.91 Å². The Bertz CT molecular complexity index is 945. The molecule has 2 fully saturated rings. The monoisotopic (exact) mass is 455 g/mol. The van der Waals surface area contributed by atoms with Crippen molar-refractivity contribution in [3.63, 3.8) is 0 Å². The van der Waals surface area contributed by atoms with E-state index in [0.717, 1.165) is 12.3 Å². The van der Waals surface area contributed by atoms with Crippen LogP contribution in [-0.4, -0.2) is 73.3 Å². The van der Waals surface area contributed by atoms with Gasteiger partial charge in [-0.1, -0.05) is 11.6 Å². The second-order valence-electron chi connectivity index (χ2n) is 7.28. The Labute approximate surface area is 182 Å². The Morgan fingerprint density at radius 2 is 1.68 bits per heavy atom. The second kappa shape index (κ2) is 8.88. The van der Waals surface area contributed by atoms with Gasteiger partial charge in [-0.2, -0.15) is 13.2 Å². The summed E-state index contributed by atoms with van der Waals surface area (Å²) in [6.07, 6.45) is -2.05. The molecule has 0 unspecified atom stereocenters. The minimum absolute atomic E-state index is 0.0588. The first-order valence-electron chi connectivity index (χ1n) is 9.89. The number of carbonyl (C=O) groups excluding carboxylic acids is 1. The summed E-state index contributed by atoms with van der Waals surface area (Å²) in [5.74, 6) is 0.809. The van der Waals surface area contributed by atoms with E-state index in [-0.39, 0.29) is 16.7 Å². The minimum Gasteiger partial charge on any atom is -0.378 e. The van der Waals surface area contributed by atoms with Gasteiger partial charge >= 0.3 is 6.18 Å². The molecule has 2 aliphatic rings. The lowest BCUT2D eigenvalue weighted by Gasteiger charge is -2.36. The highest BCUT2D eigenvalue weighted by Gasteiger charge is 2.33. The van der Waals surface area contributed by atoms with Crippen LogP contribution >= 0.6 is 11.6 Å². The van der Waals surface area contributed by atoms with Gasteiger partial charge in [0.2, 0.25) is 0 Å². The topological polar surface area (TPSA) is 61.8 Å². The number of alkyl halides is 3. The number of pyridine rings is 2. The number of piperazine rings is 1. The molecule has 2 aliphatic heterocycles. The Kier molecular flexibility index (Phi) is 6.19. The lowest BCUT2D eigenvalue weighted by atomic mass is 10.1. The summed E-state index contributed by atoms with van der Waals surface area (Å²) in [4.78, 5) is 27.0. The molecule has 0 N–H and O–H groups in total. The number of amides is 1. The molecule has 0 aliphatic carbocycles. The fourth-order valence-electron chi connectivity index (χ4n) is 3.70. The quantitative estimate of drug-likeness (QED) is 0.709. The van der Waals surface area contributed by atoms with Crippen LogP contribution < -0.4 is 9.80 Å². The van der Waals surface area contributed by atoms with Crippen molar-refractivity contribution in [3.05, 3.63) is 46.7 Å². The van der Waals surface area contributed by atoms with Crippen LogP contribution in [0.4, 0.5) is 24.8 Å². The Hall–Kier alpha value is -2.59. The minimum atomic E-state index is -4.50. The van der Waals surface area contributed by atoms with Crippen molar-refractivity contribution in [1.82, 2.24) is 14.9 Å². The average Bonchev–Trinajstić information content (AvgIpc) is 2.79. The fraction of sp³-hybridized carbons (Fsp3) is 0.450. The van der Waals surface area contributed by atoms with Crippen LogP contribution in [0.15, 0.2) is 30.6 Å². The van der Waals surface area contributed by atoms with Gasteiger partial charge in [0.15, 0.2) is 0 Å². The molecule has 4 heterocycles. The Morgan fingerprint density at radius 1 is 1.00 bits per heavy atom. The van der Waals surface area contributed by atoms with Crippen LogP contribution in [0.5, 0.6) is 0 Å². The molecule has 2 aromatic heterocycles. The lowest BCUT2D eigenvalue weighted by molar-refractivity contribution is -0.137. The highest BCUT2D eigenvalue weighted by molar-refractivity contribution is 6.33. The second-order valence-corrected chi connectivity index (χ2v) is 7.69. The van der Waals surface area contributed by atoms with Crippen molar-refractivity contribution in [2.24, 2.45) is 0 Å². The predicted molar refractivity (Wildman–Crippen MR) is 110 cm³/mol. The number of halogens is 4. The zero-order valence-electron chi connectivity index (χ0n) is 16.6. The summed E-state index contributed by atoms with van der Waals surface area (Å²) in [5.41, 5.74) is -0.356. The normalized spacial score (nSPS) is 17.7. The van der Waals surface area contributed by atoms with E-state index in [1.807, 2.05) is 4.90 Å². The standard InChI is InChI=1S/C20H21ClF3N5O2/c21-16-12-14(20(22,23)24)13-26-18(16)27-4-6-29(7-5-27)19(30)15-2-1-3-25-17(15)28-8-10-31-11-9-28/h1-3,12-13H,4-11H2. The van der Waals surface area contributed by atoms with Crippen molar-refractivity contribution >= 4 is 29.1 Å². The number of hydrogen-bond acceptors (Lipinski definition) is 6. The van der Waals surface area contributed by atoms with Gasteiger partial charge in [0.1, 0.15) is 11.6 Å². The summed E-state index contributed by atoms with van der Waals surface area (Å²) < 4.78 is 43.9. The van der Waals surface area contributed by atoms with Crippen molar-refractivity contribution in [2.75, 3.05) is 62.3 Å². The third-order valence-electron chi connectivity index (χ3n) is 5.34. The smallest absolute Gasteiger partial charge is 0.378 e. The van der Waals surface area contributed by atoms with Crippen LogP contribution in [0, 0.1) is 0 Å². The maximum Gasteiger partial charge on any atom is 0.417 e. The van der Waals surface area contributed by atoms with Crippen molar-refractivity contribution in [1.29, 1.82) is 0 Å². The van der Waals surface area contributed by atoms with E-state index in [9.17, 15) is 18.0 Å². The molecule has 0 spiro atoms.